The number of nitrogens with one attached hydrogen (secondary N) is 1. The summed E-state index contributed by atoms with van der Waals surface area (Å²) in [6.45, 7) is 4.96. The van der Waals surface area contributed by atoms with E-state index in [0.717, 1.165) is 30.0 Å². The molecule has 0 bridgehead atoms. The van der Waals surface area contributed by atoms with Gasteiger partial charge in [0.05, 0.1) is 16.7 Å². The molecule has 22 heavy (non-hydrogen) atoms. The molecular formula is C16H22N4OS. The fourth-order valence-electron chi connectivity index (χ4n) is 2.00. The summed E-state index contributed by atoms with van der Waals surface area (Å²) in [5.74, 6) is -0.194. The molecule has 3 N–H and O–H groups in total. The highest BCUT2D eigenvalue weighted by Crippen LogP contribution is 2.15. The second-order valence-corrected chi connectivity index (χ2v) is 6.75. The van der Waals surface area contributed by atoms with Gasteiger partial charge < -0.3 is 11.1 Å². The number of carbonyl (C=O) groups is 1. The largest absolute Gasteiger partial charge is 0.325 e. The lowest BCUT2D eigenvalue weighted by Crippen LogP contribution is -2.45. The number of rotatable bonds is 6. The molecule has 0 aliphatic rings. The van der Waals surface area contributed by atoms with Crippen molar-refractivity contribution in [3.05, 3.63) is 46.4 Å². The summed E-state index contributed by atoms with van der Waals surface area (Å²) in [5, 5.41) is 4.90. The predicted molar refractivity (Wildman–Crippen MR) is 90.6 cm³/mol. The van der Waals surface area contributed by atoms with Crippen LogP contribution in [0.1, 0.15) is 25.1 Å². The van der Waals surface area contributed by atoms with Crippen LogP contribution in [0.2, 0.25) is 0 Å². The summed E-state index contributed by atoms with van der Waals surface area (Å²) in [4.78, 5) is 18.4. The van der Waals surface area contributed by atoms with Crippen molar-refractivity contribution in [2.45, 2.75) is 32.5 Å². The molecule has 0 radical (unpaired) electrons. The summed E-state index contributed by atoms with van der Waals surface area (Å²) in [7, 11) is 2.05. The number of carbonyl (C=O) groups excluding carboxylic acids is 1. The van der Waals surface area contributed by atoms with Gasteiger partial charge in [-0.25, -0.2) is 4.98 Å². The zero-order valence-electron chi connectivity index (χ0n) is 13.2. The van der Waals surface area contributed by atoms with Crippen LogP contribution in [0.5, 0.6) is 0 Å². The molecule has 5 nitrogen and oxygen atoms in total. The molecule has 0 saturated carbocycles. The molecule has 1 aromatic carbocycles. The van der Waals surface area contributed by atoms with Gasteiger partial charge in [-0.15, -0.1) is 11.3 Å². The van der Waals surface area contributed by atoms with Gasteiger partial charge in [0.1, 0.15) is 0 Å². The Labute approximate surface area is 135 Å². The van der Waals surface area contributed by atoms with Gasteiger partial charge in [0.15, 0.2) is 0 Å². The second kappa shape index (κ2) is 7.00. The number of hydrogen-bond donors (Lipinski definition) is 2. The van der Waals surface area contributed by atoms with Crippen LogP contribution in [0.3, 0.4) is 0 Å². The van der Waals surface area contributed by atoms with Crippen molar-refractivity contribution in [2.75, 3.05) is 12.4 Å². The molecular weight excluding hydrogens is 296 g/mol. The first-order valence-corrected chi connectivity index (χ1v) is 8.04. The first-order valence-electron chi connectivity index (χ1n) is 7.09. The van der Waals surface area contributed by atoms with Crippen LogP contribution >= 0.6 is 11.3 Å². The molecule has 1 aromatic heterocycles. The molecule has 118 valence electrons. The molecule has 6 heteroatoms. The molecule has 0 atom stereocenters. The Morgan fingerprint density at radius 3 is 2.82 bits per heavy atom. The fraction of sp³-hybridized carbons (Fsp3) is 0.375. The van der Waals surface area contributed by atoms with Crippen molar-refractivity contribution in [2.24, 2.45) is 5.73 Å². The average Bonchev–Trinajstić information content (AvgIpc) is 2.90. The maximum Gasteiger partial charge on any atom is 0.243 e. The fourth-order valence-corrected chi connectivity index (χ4v) is 2.55. The van der Waals surface area contributed by atoms with Crippen molar-refractivity contribution in [1.29, 1.82) is 0 Å². The molecule has 2 aromatic rings. The number of aromatic nitrogens is 1. The minimum absolute atomic E-state index is 0.194. The number of nitrogens with two attached hydrogens (primary N) is 1. The molecule has 0 fully saturated rings. The van der Waals surface area contributed by atoms with Gasteiger partial charge in [-0.05, 0) is 38.6 Å². The molecule has 0 saturated heterocycles. The highest BCUT2D eigenvalue weighted by Gasteiger charge is 2.21. The third-order valence-corrected chi connectivity index (χ3v) is 3.77. The van der Waals surface area contributed by atoms with Gasteiger partial charge in [-0.3, -0.25) is 9.69 Å². The molecule has 1 heterocycles. The van der Waals surface area contributed by atoms with E-state index in [2.05, 4.69) is 20.6 Å². The summed E-state index contributed by atoms with van der Waals surface area (Å²) in [6.07, 6.45) is 0. The molecule has 0 spiro atoms. The minimum Gasteiger partial charge on any atom is -0.325 e. The molecule has 0 aliphatic heterocycles. The zero-order valence-corrected chi connectivity index (χ0v) is 14.0. The van der Waals surface area contributed by atoms with E-state index >= 15 is 0 Å². The molecule has 2 rings (SSSR count). The summed E-state index contributed by atoms with van der Waals surface area (Å²) < 4.78 is 0. The van der Waals surface area contributed by atoms with Crippen LogP contribution in [0.25, 0.3) is 0 Å². The van der Waals surface area contributed by atoms with E-state index in [1.54, 1.807) is 25.2 Å². The van der Waals surface area contributed by atoms with Crippen molar-refractivity contribution >= 4 is 22.9 Å². The first-order chi connectivity index (χ1) is 10.3. The lowest BCUT2D eigenvalue weighted by atomic mass is 10.1. The van der Waals surface area contributed by atoms with Gasteiger partial charge in [0.2, 0.25) is 5.91 Å². The summed E-state index contributed by atoms with van der Waals surface area (Å²) >= 11 is 1.60. The van der Waals surface area contributed by atoms with Gasteiger partial charge in [0, 0.05) is 24.2 Å². The molecule has 0 aliphatic carbocycles. The third-order valence-electron chi connectivity index (χ3n) is 3.14. The Balaban J connectivity index is 1.97. The number of nitrogens with zero attached hydrogens (tertiary/aromatic N) is 2. The highest BCUT2D eigenvalue weighted by molar-refractivity contribution is 7.07. The van der Waals surface area contributed by atoms with Crippen LogP contribution in [0.4, 0.5) is 5.69 Å². The van der Waals surface area contributed by atoms with Gasteiger partial charge in [-0.1, -0.05) is 12.1 Å². The lowest BCUT2D eigenvalue weighted by Gasteiger charge is -2.19. The standard InChI is InChI=1S/C16H22N4OS/c1-16(2,17)15(21)19-13-6-4-5-12(7-13)8-20(3)9-14-10-22-11-18-14/h4-7,10-11H,8-9,17H2,1-3H3,(H,19,21). The maximum absolute atomic E-state index is 11.9. The zero-order chi connectivity index (χ0) is 16.2. The number of amides is 1. The van der Waals surface area contributed by atoms with E-state index in [4.69, 9.17) is 5.73 Å². The van der Waals surface area contributed by atoms with Crippen LogP contribution in [-0.2, 0) is 17.9 Å². The van der Waals surface area contributed by atoms with Crippen LogP contribution < -0.4 is 11.1 Å². The van der Waals surface area contributed by atoms with E-state index in [1.165, 1.54) is 0 Å². The topological polar surface area (TPSA) is 71.2 Å². The van der Waals surface area contributed by atoms with E-state index in [9.17, 15) is 4.79 Å². The Bertz CT molecular complexity index is 619. The van der Waals surface area contributed by atoms with Crippen molar-refractivity contribution in [1.82, 2.24) is 9.88 Å². The Morgan fingerprint density at radius 2 is 2.18 bits per heavy atom. The monoisotopic (exact) mass is 318 g/mol. The number of benzene rings is 1. The van der Waals surface area contributed by atoms with E-state index < -0.39 is 5.54 Å². The van der Waals surface area contributed by atoms with E-state index in [-0.39, 0.29) is 5.91 Å². The Hall–Kier alpha value is -1.76. The third kappa shape index (κ3) is 4.91. The van der Waals surface area contributed by atoms with Crippen LogP contribution in [-0.4, -0.2) is 28.4 Å². The first kappa shape index (κ1) is 16.6. The van der Waals surface area contributed by atoms with Crippen molar-refractivity contribution in [3.8, 4) is 0 Å². The van der Waals surface area contributed by atoms with E-state index in [1.807, 2.05) is 36.8 Å². The number of thiazole rings is 1. The Kier molecular flexibility index (Phi) is 5.28. The highest BCUT2D eigenvalue weighted by atomic mass is 32.1. The smallest absolute Gasteiger partial charge is 0.243 e. The predicted octanol–water partition coefficient (Wildman–Crippen LogP) is 2.45. The lowest BCUT2D eigenvalue weighted by molar-refractivity contribution is -0.120. The summed E-state index contributed by atoms with van der Waals surface area (Å²) in [5.41, 5.74) is 9.71. The second-order valence-electron chi connectivity index (χ2n) is 6.03. The average molecular weight is 318 g/mol. The number of hydrogen-bond acceptors (Lipinski definition) is 5. The maximum atomic E-state index is 11.9. The number of anilines is 1. The Morgan fingerprint density at radius 1 is 1.41 bits per heavy atom. The van der Waals surface area contributed by atoms with Crippen LogP contribution in [0, 0.1) is 0 Å². The van der Waals surface area contributed by atoms with Gasteiger partial charge >= 0.3 is 0 Å². The molecule has 1 amide bonds. The summed E-state index contributed by atoms with van der Waals surface area (Å²) in [6, 6.07) is 7.82. The van der Waals surface area contributed by atoms with Gasteiger partial charge in [-0.2, -0.15) is 0 Å². The van der Waals surface area contributed by atoms with Crippen LogP contribution in [0.15, 0.2) is 35.2 Å². The van der Waals surface area contributed by atoms with Crippen molar-refractivity contribution in [3.63, 3.8) is 0 Å². The normalized spacial score (nSPS) is 11.7. The molecule has 0 unspecified atom stereocenters. The quantitative estimate of drug-likeness (QED) is 0.858. The van der Waals surface area contributed by atoms with Gasteiger partial charge in [0.25, 0.3) is 0 Å². The minimum atomic E-state index is -0.891. The van der Waals surface area contributed by atoms with Crippen molar-refractivity contribution < 1.29 is 4.79 Å². The van der Waals surface area contributed by atoms with E-state index in [0.29, 0.717) is 0 Å². The SMILES string of the molecule is CN(Cc1cccc(NC(=O)C(C)(C)N)c1)Cc1cscn1.